The topological polar surface area (TPSA) is 56.0 Å². The van der Waals surface area contributed by atoms with E-state index >= 15 is 0 Å². The Bertz CT molecular complexity index is 589. The minimum atomic E-state index is -1.33. The van der Waals surface area contributed by atoms with Gasteiger partial charge in [-0.15, -0.1) is 0 Å². The number of halogens is 2. The number of aromatic nitrogens is 1. The maximum Gasteiger partial charge on any atom is 0.147 e. The first-order chi connectivity index (χ1) is 8.56. The molecule has 0 aliphatic heterocycles. The number of nitrogens with zero attached hydrogens (tertiary/aromatic N) is 1. The van der Waals surface area contributed by atoms with E-state index in [1.54, 1.807) is 18.3 Å². The van der Waals surface area contributed by atoms with Crippen LogP contribution < -0.4 is 5.73 Å². The lowest BCUT2D eigenvalue weighted by molar-refractivity contribution is 0.627. The van der Waals surface area contributed by atoms with Crippen LogP contribution >= 0.6 is 15.9 Å². The molecule has 3 nitrogen and oxygen atoms in total. The molecule has 1 aromatic heterocycles. The van der Waals surface area contributed by atoms with Gasteiger partial charge in [0.15, 0.2) is 0 Å². The third-order valence-electron chi connectivity index (χ3n) is 2.30. The van der Waals surface area contributed by atoms with Gasteiger partial charge in [-0.05, 0) is 46.3 Å². The first-order valence-electron chi connectivity index (χ1n) is 5.10. The van der Waals surface area contributed by atoms with Crippen molar-refractivity contribution in [2.75, 3.05) is 5.73 Å². The molecule has 0 spiro atoms. The summed E-state index contributed by atoms with van der Waals surface area (Å²) in [5, 5.41) is 0. The predicted octanol–water partition coefficient (Wildman–Crippen LogP) is 2.87. The van der Waals surface area contributed by atoms with Gasteiger partial charge in [-0.1, -0.05) is 0 Å². The van der Waals surface area contributed by atoms with Gasteiger partial charge < -0.3 is 5.73 Å². The zero-order chi connectivity index (χ0) is 13.1. The van der Waals surface area contributed by atoms with Crippen LogP contribution in [0.4, 0.5) is 10.1 Å². The highest BCUT2D eigenvalue weighted by Gasteiger charge is 2.08. The van der Waals surface area contributed by atoms with E-state index in [-0.39, 0.29) is 11.4 Å². The number of nitrogens with two attached hydrogens (primary N) is 1. The molecule has 6 heteroatoms. The minimum absolute atomic E-state index is 0.0533. The highest BCUT2D eigenvalue weighted by Crippen LogP contribution is 2.17. The number of pyridine rings is 1. The summed E-state index contributed by atoms with van der Waals surface area (Å²) >= 11 is 3.27. The molecule has 0 saturated carbocycles. The fourth-order valence-corrected chi connectivity index (χ4v) is 2.65. The molecule has 18 heavy (non-hydrogen) atoms. The second-order valence-corrected chi connectivity index (χ2v) is 6.01. The molecule has 0 radical (unpaired) electrons. The smallest absolute Gasteiger partial charge is 0.147 e. The standard InChI is InChI=1S/C12H10BrFN2OS/c13-8-1-2-9(16-6-8)7-18(17)10-3-4-12(15)11(14)5-10/h1-6H,7,15H2. The first kappa shape index (κ1) is 13.2. The van der Waals surface area contributed by atoms with E-state index in [0.29, 0.717) is 10.6 Å². The SMILES string of the molecule is Nc1ccc(S(=O)Cc2ccc(Br)cn2)cc1F. The molecule has 2 aromatic rings. The Kier molecular flexibility index (Phi) is 4.08. The number of benzene rings is 1. The second-order valence-electron chi connectivity index (χ2n) is 3.64. The van der Waals surface area contributed by atoms with Crippen molar-refractivity contribution in [2.45, 2.75) is 10.6 Å². The monoisotopic (exact) mass is 328 g/mol. The van der Waals surface area contributed by atoms with E-state index in [9.17, 15) is 8.60 Å². The second kappa shape index (κ2) is 5.58. The Morgan fingerprint density at radius 2 is 2.11 bits per heavy atom. The summed E-state index contributed by atoms with van der Waals surface area (Å²) in [5.74, 6) is -0.305. The van der Waals surface area contributed by atoms with Crippen molar-refractivity contribution in [3.8, 4) is 0 Å². The van der Waals surface area contributed by atoms with Crippen LogP contribution in [-0.2, 0) is 16.6 Å². The lowest BCUT2D eigenvalue weighted by Crippen LogP contribution is -2.00. The van der Waals surface area contributed by atoms with E-state index < -0.39 is 16.6 Å². The first-order valence-corrected chi connectivity index (χ1v) is 7.21. The van der Waals surface area contributed by atoms with E-state index in [1.165, 1.54) is 12.1 Å². The van der Waals surface area contributed by atoms with Crippen molar-refractivity contribution in [3.63, 3.8) is 0 Å². The average Bonchev–Trinajstić information content (AvgIpc) is 2.35. The van der Waals surface area contributed by atoms with Crippen LogP contribution in [0.15, 0.2) is 45.9 Å². The maximum atomic E-state index is 13.2. The minimum Gasteiger partial charge on any atom is -0.396 e. The molecule has 0 saturated heterocycles. The molecule has 2 N–H and O–H groups in total. The zero-order valence-corrected chi connectivity index (χ0v) is 11.7. The Morgan fingerprint density at radius 1 is 1.33 bits per heavy atom. The van der Waals surface area contributed by atoms with Gasteiger partial charge >= 0.3 is 0 Å². The van der Waals surface area contributed by atoms with E-state index in [0.717, 1.165) is 4.47 Å². The summed E-state index contributed by atoms with van der Waals surface area (Å²) in [7, 11) is -1.33. The van der Waals surface area contributed by atoms with Gasteiger partial charge in [0.2, 0.25) is 0 Å². The molecule has 1 heterocycles. The Hall–Kier alpha value is -1.27. The van der Waals surface area contributed by atoms with Crippen LogP contribution in [0.2, 0.25) is 0 Å². The quantitative estimate of drug-likeness (QED) is 0.881. The molecule has 0 bridgehead atoms. The van der Waals surface area contributed by atoms with E-state index in [2.05, 4.69) is 20.9 Å². The third-order valence-corrected chi connectivity index (χ3v) is 4.11. The van der Waals surface area contributed by atoms with Gasteiger partial charge in [0.1, 0.15) is 5.82 Å². The van der Waals surface area contributed by atoms with Crippen molar-refractivity contribution in [1.29, 1.82) is 0 Å². The number of anilines is 1. The van der Waals surface area contributed by atoms with Crippen molar-refractivity contribution in [1.82, 2.24) is 4.98 Å². The largest absolute Gasteiger partial charge is 0.396 e. The van der Waals surface area contributed by atoms with E-state index in [4.69, 9.17) is 5.73 Å². The molecule has 0 aliphatic rings. The van der Waals surface area contributed by atoms with Crippen molar-refractivity contribution in [2.24, 2.45) is 0 Å². The predicted molar refractivity (Wildman–Crippen MR) is 72.9 cm³/mol. The van der Waals surface area contributed by atoms with Crippen molar-refractivity contribution < 1.29 is 8.60 Å². The van der Waals surface area contributed by atoms with E-state index in [1.807, 2.05) is 6.07 Å². The Morgan fingerprint density at radius 3 is 2.72 bits per heavy atom. The molecule has 94 valence electrons. The summed E-state index contributed by atoms with van der Waals surface area (Å²) in [4.78, 5) is 4.53. The molecule has 1 aromatic carbocycles. The van der Waals surface area contributed by atoms with Gasteiger partial charge in [0.05, 0.1) is 27.9 Å². The number of hydrogen-bond acceptors (Lipinski definition) is 3. The summed E-state index contributed by atoms with van der Waals surface area (Å²) in [6, 6.07) is 7.77. The lowest BCUT2D eigenvalue weighted by Gasteiger charge is -2.04. The van der Waals surface area contributed by atoms with Gasteiger partial charge in [0.25, 0.3) is 0 Å². The summed E-state index contributed by atoms with van der Waals surface area (Å²) < 4.78 is 26.1. The number of nitrogen functional groups attached to an aromatic ring is 1. The van der Waals surface area contributed by atoms with Crippen LogP contribution in [0.5, 0.6) is 0 Å². The molecule has 0 amide bonds. The molecule has 0 aliphatic carbocycles. The molecule has 2 rings (SSSR count). The Labute approximate surface area is 115 Å². The van der Waals surface area contributed by atoms with Gasteiger partial charge in [-0.3, -0.25) is 9.19 Å². The Balaban J connectivity index is 2.16. The van der Waals surface area contributed by atoms with Crippen LogP contribution in [0.1, 0.15) is 5.69 Å². The van der Waals surface area contributed by atoms with Crippen LogP contribution in [0, 0.1) is 5.82 Å². The molecule has 1 unspecified atom stereocenters. The molecular formula is C12H10BrFN2OS. The van der Waals surface area contributed by atoms with Gasteiger partial charge in [-0.25, -0.2) is 4.39 Å². The summed E-state index contributed by atoms with van der Waals surface area (Å²) in [6.07, 6.45) is 1.64. The molecule has 1 atom stereocenters. The highest BCUT2D eigenvalue weighted by molar-refractivity contribution is 9.10. The fourth-order valence-electron chi connectivity index (χ4n) is 1.36. The highest BCUT2D eigenvalue weighted by atomic mass is 79.9. The summed E-state index contributed by atoms with van der Waals surface area (Å²) in [6.45, 7) is 0. The third kappa shape index (κ3) is 3.14. The zero-order valence-electron chi connectivity index (χ0n) is 9.27. The number of hydrogen-bond donors (Lipinski definition) is 1. The summed E-state index contributed by atoms with van der Waals surface area (Å²) in [5.41, 5.74) is 6.11. The van der Waals surface area contributed by atoms with Crippen molar-refractivity contribution in [3.05, 3.63) is 52.5 Å². The average molecular weight is 329 g/mol. The number of rotatable bonds is 3. The van der Waals surface area contributed by atoms with Crippen molar-refractivity contribution >= 4 is 32.4 Å². The molecular weight excluding hydrogens is 319 g/mol. The van der Waals surface area contributed by atoms with Gasteiger partial charge in [-0.2, -0.15) is 0 Å². The molecule has 0 fully saturated rings. The van der Waals surface area contributed by atoms with Crippen LogP contribution in [-0.4, -0.2) is 9.19 Å². The lowest BCUT2D eigenvalue weighted by atomic mass is 10.3. The van der Waals surface area contributed by atoms with Crippen LogP contribution in [0.3, 0.4) is 0 Å². The van der Waals surface area contributed by atoms with Crippen LogP contribution in [0.25, 0.3) is 0 Å². The van der Waals surface area contributed by atoms with Gasteiger partial charge in [0, 0.05) is 15.6 Å². The fraction of sp³-hybridized carbons (Fsp3) is 0.0833. The maximum absolute atomic E-state index is 13.2. The normalized spacial score (nSPS) is 12.3.